The number of unbranched alkanes of at least 4 members (excludes halogenated alkanes) is 1. The number of carbonyl (C=O) groups is 1. The largest absolute Gasteiger partial charge is 0.303 e. The molecule has 0 heterocycles. The van der Waals surface area contributed by atoms with Gasteiger partial charge in [0.25, 0.3) is 0 Å². The van der Waals surface area contributed by atoms with E-state index in [1.165, 1.54) is 19.3 Å². The molecule has 0 aromatic carbocycles. The maximum Gasteiger partial charge on any atom is 0.120 e. The maximum atomic E-state index is 9.98. The number of hydrogen-bond donors (Lipinski definition) is 0. The molecule has 0 amide bonds. The van der Waals surface area contributed by atoms with E-state index in [0.717, 1.165) is 12.7 Å². The topological polar surface area (TPSA) is 17.1 Å². The van der Waals surface area contributed by atoms with Gasteiger partial charge in [-0.15, -0.1) is 0 Å². The molecule has 0 spiro atoms. The van der Waals surface area contributed by atoms with Crippen LogP contribution < -0.4 is 0 Å². The van der Waals surface area contributed by atoms with Crippen LogP contribution in [0.2, 0.25) is 0 Å². The quantitative estimate of drug-likeness (QED) is 0.519. The summed E-state index contributed by atoms with van der Waals surface area (Å²) in [4.78, 5) is 9.98. The fourth-order valence-corrected chi connectivity index (χ4v) is 0.835. The van der Waals surface area contributed by atoms with Crippen LogP contribution in [0.15, 0.2) is 0 Å². The summed E-state index contributed by atoms with van der Waals surface area (Å²) in [6.07, 6.45) is 5.45. The van der Waals surface area contributed by atoms with Gasteiger partial charge in [0, 0.05) is 6.42 Å². The van der Waals surface area contributed by atoms with Crippen LogP contribution in [-0.2, 0) is 4.79 Å². The predicted octanol–water partition coefficient (Wildman–Crippen LogP) is 2.40. The van der Waals surface area contributed by atoms with Crippen LogP contribution in [0.4, 0.5) is 0 Å². The van der Waals surface area contributed by atoms with Gasteiger partial charge in [-0.25, -0.2) is 0 Å². The van der Waals surface area contributed by atoms with Crippen LogP contribution in [0.5, 0.6) is 0 Å². The lowest BCUT2D eigenvalue weighted by Crippen LogP contribution is -1.94. The minimum atomic E-state index is 0.599. The molecule has 1 atom stereocenters. The Hall–Kier alpha value is -0.330. The van der Waals surface area contributed by atoms with E-state index in [2.05, 4.69) is 13.8 Å². The van der Waals surface area contributed by atoms with Crippen LogP contribution in [0.1, 0.15) is 39.5 Å². The van der Waals surface area contributed by atoms with Gasteiger partial charge in [0.05, 0.1) is 0 Å². The summed E-state index contributed by atoms with van der Waals surface area (Å²) < 4.78 is 0. The molecule has 54 valence electrons. The van der Waals surface area contributed by atoms with Crippen molar-refractivity contribution in [2.45, 2.75) is 39.5 Å². The van der Waals surface area contributed by atoms with Gasteiger partial charge in [-0.2, -0.15) is 0 Å². The fourth-order valence-electron chi connectivity index (χ4n) is 0.835. The van der Waals surface area contributed by atoms with E-state index >= 15 is 0 Å². The Labute approximate surface area is 57.5 Å². The van der Waals surface area contributed by atoms with Crippen molar-refractivity contribution in [3.63, 3.8) is 0 Å². The van der Waals surface area contributed by atoms with E-state index in [4.69, 9.17) is 0 Å². The Bertz CT molecular complexity index is 69.0. The predicted molar refractivity (Wildman–Crippen MR) is 39.4 cm³/mol. The molecule has 0 aliphatic rings. The lowest BCUT2D eigenvalue weighted by Gasteiger charge is -2.03. The monoisotopic (exact) mass is 128 g/mol. The molecule has 0 unspecified atom stereocenters. The Morgan fingerprint density at radius 2 is 2.22 bits per heavy atom. The Morgan fingerprint density at radius 1 is 1.56 bits per heavy atom. The average Bonchev–Trinajstić information content (AvgIpc) is 1.85. The molecule has 0 saturated heterocycles. The third-order valence-corrected chi connectivity index (χ3v) is 1.55. The molecule has 0 aromatic heterocycles. The van der Waals surface area contributed by atoms with Gasteiger partial charge in [-0.05, 0) is 5.92 Å². The highest BCUT2D eigenvalue weighted by atomic mass is 16.1. The molecule has 0 bridgehead atoms. The Kier molecular flexibility index (Phi) is 5.59. The lowest BCUT2D eigenvalue weighted by molar-refractivity contribution is -0.108. The Balaban J connectivity index is 3.04. The molecule has 0 aromatic rings. The normalized spacial score (nSPS) is 13.1. The van der Waals surface area contributed by atoms with Crippen molar-refractivity contribution in [1.82, 2.24) is 0 Å². The first-order valence-corrected chi connectivity index (χ1v) is 3.74. The van der Waals surface area contributed by atoms with Crippen molar-refractivity contribution < 1.29 is 4.79 Å². The molecule has 0 radical (unpaired) electrons. The van der Waals surface area contributed by atoms with Gasteiger partial charge < -0.3 is 4.79 Å². The van der Waals surface area contributed by atoms with E-state index in [0.29, 0.717) is 5.92 Å². The second kappa shape index (κ2) is 5.80. The van der Waals surface area contributed by atoms with E-state index in [1.807, 2.05) is 0 Å². The highest BCUT2D eigenvalue weighted by Crippen LogP contribution is 2.09. The van der Waals surface area contributed by atoms with Crippen molar-refractivity contribution in [2.24, 2.45) is 5.92 Å². The molecule has 0 N–H and O–H groups in total. The third-order valence-electron chi connectivity index (χ3n) is 1.55. The number of aldehydes is 1. The first kappa shape index (κ1) is 8.67. The standard InChI is InChI=1S/C8H16O/c1-3-4-5-8(2)6-7-9/h7-8H,3-6H2,1-2H3/t8-/m0/s1. The second-order valence-electron chi connectivity index (χ2n) is 2.65. The minimum Gasteiger partial charge on any atom is -0.303 e. The van der Waals surface area contributed by atoms with E-state index in [1.54, 1.807) is 0 Å². The van der Waals surface area contributed by atoms with Gasteiger partial charge in [-0.3, -0.25) is 0 Å². The molecule has 1 nitrogen and oxygen atoms in total. The minimum absolute atomic E-state index is 0.599. The van der Waals surface area contributed by atoms with Gasteiger partial charge in [0.2, 0.25) is 0 Å². The molecule has 0 saturated carbocycles. The zero-order valence-corrected chi connectivity index (χ0v) is 6.39. The van der Waals surface area contributed by atoms with E-state index < -0.39 is 0 Å². The summed E-state index contributed by atoms with van der Waals surface area (Å²) in [6, 6.07) is 0. The van der Waals surface area contributed by atoms with Crippen molar-refractivity contribution >= 4 is 6.29 Å². The van der Waals surface area contributed by atoms with Crippen LogP contribution in [0.3, 0.4) is 0 Å². The third kappa shape index (κ3) is 5.54. The molecule has 1 heteroatoms. The van der Waals surface area contributed by atoms with Gasteiger partial charge in [0.15, 0.2) is 0 Å². The maximum absolute atomic E-state index is 9.98. The Morgan fingerprint density at radius 3 is 2.67 bits per heavy atom. The zero-order valence-electron chi connectivity index (χ0n) is 6.39. The zero-order chi connectivity index (χ0) is 7.11. The van der Waals surface area contributed by atoms with Crippen molar-refractivity contribution in [3.8, 4) is 0 Å². The lowest BCUT2D eigenvalue weighted by atomic mass is 10.0. The van der Waals surface area contributed by atoms with Crippen LogP contribution >= 0.6 is 0 Å². The fraction of sp³-hybridized carbons (Fsp3) is 0.875. The van der Waals surface area contributed by atoms with Crippen molar-refractivity contribution in [3.05, 3.63) is 0 Å². The second-order valence-corrected chi connectivity index (χ2v) is 2.65. The molecule has 0 rings (SSSR count). The summed E-state index contributed by atoms with van der Waals surface area (Å²) >= 11 is 0. The molecule has 0 aliphatic carbocycles. The van der Waals surface area contributed by atoms with Crippen LogP contribution in [0.25, 0.3) is 0 Å². The first-order chi connectivity index (χ1) is 4.31. The van der Waals surface area contributed by atoms with Gasteiger partial charge in [-0.1, -0.05) is 33.1 Å². The number of carbonyl (C=O) groups excluding carboxylic acids is 1. The first-order valence-electron chi connectivity index (χ1n) is 3.74. The number of rotatable bonds is 5. The molecule has 9 heavy (non-hydrogen) atoms. The average molecular weight is 128 g/mol. The van der Waals surface area contributed by atoms with Crippen LogP contribution in [-0.4, -0.2) is 6.29 Å². The summed E-state index contributed by atoms with van der Waals surface area (Å²) in [6.45, 7) is 4.30. The van der Waals surface area contributed by atoms with Crippen LogP contribution in [0, 0.1) is 5.92 Å². The summed E-state index contributed by atoms with van der Waals surface area (Å²) in [7, 11) is 0. The summed E-state index contributed by atoms with van der Waals surface area (Å²) in [5.41, 5.74) is 0. The SMILES string of the molecule is CCCC[C@H](C)CC=O. The molecule has 0 fully saturated rings. The summed E-state index contributed by atoms with van der Waals surface area (Å²) in [5, 5.41) is 0. The smallest absolute Gasteiger partial charge is 0.120 e. The van der Waals surface area contributed by atoms with Crippen molar-refractivity contribution in [2.75, 3.05) is 0 Å². The molecule has 0 aliphatic heterocycles. The highest BCUT2D eigenvalue weighted by molar-refractivity contribution is 5.49. The van der Waals surface area contributed by atoms with E-state index in [9.17, 15) is 4.79 Å². The molecular formula is C8H16O. The molecular weight excluding hydrogens is 112 g/mol. The van der Waals surface area contributed by atoms with Crippen molar-refractivity contribution in [1.29, 1.82) is 0 Å². The highest BCUT2D eigenvalue weighted by Gasteiger charge is 1.97. The van der Waals surface area contributed by atoms with E-state index in [-0.39, 0.29) is 0 Å². The summed E-state index contributed by atoms with van der Waals surface area (Å²) in [5.74, 6) is 0.599. The van der Waals surface area contributed by atoms with Gasteiger partial charge in [0.1, 0.15) is 6.29 Å². The number of hydrogen-bond acceptors (Lipinski definition) is 1. The van der Waals surface area contributed by atoms with Gasteiger partial charge >= 0.3 is 0 Å².